The molecule has 0 saturated carbocycles. The van der Waals surface area contributed by atoms with Crippen LogP contribution in [0.3, 0.4) is 0 Å². The number of nitrogens with two attached hydrogens (primary N) is 1. The topological polar surface area (TPSA) is 71.7 Å². The van der Waals surface area contributed by atoms with Gasteiger partial charge >= 0.3 is 0 Å². The van der Waals surface area contributed by atoms with Crippen LogP contribution in [0, 0.1) is 0 Å². The molecule has 8 heteroatoms. The molecule has 1 atom stereocenters. The Balaban J connectivity index is 0.00000171. The number of rotatable bonds is 5. The Morgan fingerprint density at radius 3 is 2.42 bits per heavy atom. The first-order chi connectivity index (χ1) is 14.2. The number of halogens is 2. The zero-order valence-corrected chi connectivity index (χ0v) is 19.3. The third-order valence-electron chi connectivity index (χ3n) is 5.80. The van der Waals surface area contributed by atoms with Crippen molar-refractivity contribution in [3.63, 3.8) is 0 Å². The van der Waals surface area contributed by atoms with E-state index in [1.54, 1.807) is 0 Å². The van der Waals surface area contributed by atoms with Crippen LogP contribution < -0.4 is 10.5 Å². The molecular formula is C23H32Cl2N4O2. The van der Waals surface area contributed by atoms with Crippen LogP contribution in [0.1, 0.15) is 41.7 Å². The molecule has 2 saturated heterocycles. The molecule has 1 aromatic carbocycles. The summed E-state index contributed by atoms with van der Waals surface area (Å²) in [6, 6.07) is 13.7. The smallest absolute Gasteiger partial charge is 0.253 e. The van der Waals surface area contributed by atoms with Gasteiger partial charge in [0.05, 0.1) is 5.69 Å². The summed E-state index contributed by atoms with van der Waals surface area (Å²) in [6.07, 6.45) is 6.04. The molecule has 170 valence electrons. The fourth-order valence-electron chi connectivity index (χ4n) is 4.15. The van der Waals surface area contributed by atoms with Crippen molar-refractivity contribution in [2.24, 2.45) is 5.73 Å². The molecule has 4 rings (SSSR count). The third kappa shape index (κ3) is 7.07. The quantitative estimate of drug-likeness (QED) is 0.729. The molecule has 2 aromatic rings. The molecule has 2 aliphatic heterocycles. The van der Waals surface area contributed by atoms with E-state index in [-0.39, 0.29) is 42.9 Å². The normalized spacial score (nSPS) is 19.8. The highest BCUT2D eigenvalue weighted by Gasteiger charge is 2.23. The molecule has 2 aliphatic rings. The molecule has 1 amide bonds. The van der Waals surface area contributed by atoms with E-state index in [9.17, 15) is 4.79 Å². The monoisotopic (exact) mass is 466 g/mol. The van der Waals surface area contributed by atoms with Crippen LogP contribution >= 0.6 is 24.8 Å². The second kappa shape index (κ2) is 12.2. The zero-order chi connectivity index (χ0) is 20.1. The summed E-state index contributed by atoms with van der Waals surface area (Å²) >= 11 is 0. The van der Waals surface area contributed by atoms with Crippen molar-refractivity contribution in [3.05, 3.63) is 59.9 Å². The molecule has 2 fully saturated rings. The number of pyridine rings is 1. The Hall–Kier alpha value is -1.86. The first-order valence-electron chi connectivity index (χ1n) is 10.6. The van der Waals surface area contributed by atoms with E-state index >= 15 is 0 Å². The maximum absolute atomic E-state index is 12.7. The van der Waals surface area contributed by atoms with Crippen LogP contribution in [-0.4, -0.2) is 59.0 Å². The van der Waals surface area contributed by atoms with E-state index in [1.165, 1.54) is 0 Å². The first kappa shape index (κ1) is 25.4. The van der Waals surface area contributed by atoms with Crippen LogP contribution in [0.2, 0.25) is 0 Å². The Morgan fingerprint density at radius 1 is 1.03 bits per heavy atom. The van der Waals surface area contributed by atoms with Gasteiger partial charge in [-0.15, -0.1) is 24.8 Å². The molecule has 3 heterocycles. The number of ether oxygens (including phenoxy) is 1. The van der Waals surface area contributed by atoms with Crippen molar-refractivity contribution in [3.8, 4) is 5.75 Å². The highest BCUT2D eigenvalue weighted by Crippen LogP contribution is 2.21. The molecule has 0 aliphatic carbocycles. The number of hydrogen-bond acceptors (Lipinski definition) is 5. The predicted octanol–water partition coefficient (Wildman–Crippen LogP) is 3.53. The fourth-order valence-corrected chi connectivity index (χ4v) is 4.15. The van der Waals surface area contributed by atoms with Gasteiger partial charge in [0.2, 0.25) is 0 Å². The van der Waals surface area contributed by atoms with E-state index in [4.69, 9.17) is 10.5 Å². The van der Waals surface area contributed by atoms with Crippen LogP contribution in [0.15, 0.2) is 48.7 Å². The lowest BCUT2D eigenvalue weighted by atomic mass is 10.1. The van der Waals surface area contributed by atoms with Crippen molar-refractivity contribution in [2.75, 3.05) is 26.2 Å². The molecule has 31 heavy (non-hydrogen) atoms. The minimum Gasteiger partial charge on any atom is -0.490 e. The van der Waals surface area contributed by atoms with Gasteiger partial charge in [0.1, 0.15) is 11.9 Å². The molecule has 0 bridgehead atoms. The second-order valence-corrected chi connectivity index (χ2v) is 8.09. The van der Waals surface area contributed by atoms with Crippen molar-refractivity contribution in [1.82, 2.24) is 14.8 Å². The lowest BCUT2D eigenvalue weighted by Gasteiger charge is -2.32. The molecular weight excluding hydrogens is 435 g/mol. The molecule has 1 aromatic heterocycles. The minimum absolute atomic E-state index is 0. The Morgan fingerprint density at radius 2 is 1.77 bits per heavy atom. The molecule has 0 radical (unpaired) electrons. The molecule has 1 unspecified atom stereocenters. The highest BCUT2D eigenvalue weighted by molar-refractivity contribution is 5.94. The van der Waals surface area contributed by atoms with E-state index < -0.39 is 0 Å². The average Bonchev–Trinajstić information content (AvgIpc) is 2.76. The summed E-state index contributed by atoms with van der Waals surface area (Å²) < 4.78 is 6.16. The van der Waals surface area contributed by atoms with Gasteiger partial charge in [0.15, 0.2) is 0 Å². The van der Waals surface area contributed by atoms with Gasteiger partial charge in [0, 0.05) is 50.5 Å². The van der Waals surface area contributed by atoms with E-state index in [2.05, 4.69) is 16.0 Å². The Kier molecular flexibility index (Phi) is 10.0. The number of aromatic nitrogens is 1. The third-order valence-corrected chi connectivity index (χ3v) is 5.80. The number of likely N-dealkylation sites (tertiary alicyclic amines) is 2. The number of carbonyl (C=O) groups excluding carboxylic acids is 1. The lowest BCUT2D eigenvalue weighted by Crippen LogP contribution is -2.45. The summed E-state index contributed by atoms with van der Waals surface area (Å²) in [5.74, 6) is 0.898. The van der Waals surface area contributed by atoms with Gasteiger partial charge in [0.25, 0.3) is 5.91 Å². The molecule has 6 nitrogen and oxygen atoms in total. The largest absolute Gasteiger partial charge is 0.490 e. The number of carbonyl (C=O) groups is 1. The first-order valence-corrected chi connectivity index (χ1v) is 10.6. The van der Waals surface area contributed by atoms with Gasteiger partial charge in [-0.2, -0.15) is 0 Å². The zero-order valence-electron chi connectivity index (χ0n) is 17.7. The van der Waals surface area contributed by atoms with E-state index in [1.807, 2.05) is 47.5 Å². The van der Waals surface area contributed by atoms with Crippen LogP contribution in [-0.2, 0) is 6.54 Å². The Bertz CT molecular complexity index is 799. The summed E-state index contributed by atoms with van der Waals surface area (Å²) in [6.45, 7) is 4.35. The lowest BCUT2D eigenvalue weighted by molar-refractivity contribution is 0.0708. The van der Waals surface area contributed by atoms with E-state index in [0.717, 1.165) is 63.3 Å². The maximum Gasteiger partial charge on any atom is 0.253 e. The number of benzene rings is 1. The summed E-state index contributed by atoms with van der Waals surface area (Å²) in [5.41, 5.74) is 7.82. The van der Waals surface area contributed by atoms with Gasteiger partial charge in [-0.1, -0.05) is 6.07 Å². The van der Waals surface area contributed by atoms with Crippen molar-refractivity contribution in [2.45, 2.75) is 44.4 Å². The fraction of sp³-hybridized carbons (Fsp3) is 0.478. The Labute approximate surface area is 197 Å². The van der Waals surface area contributed by atoms with Crippen molar-refractivity contribution >= 4 is 30.7 Å². The van der Waals surface area contributed by atoms with Crippen LogP contribution in [0.25, 0.3) is 0 Å². The average molecular weight is 467 g/mol. The van der Waals surface area contributed by atoms with Gasteiger partial charge in [-0.05, 0) is 62.1 Å². The number of nitrogens with zero attached hydrogens (tertiary/aromatic N) is 3. The molecule has 0 spiro atoms. The van der Waals surface area contributed by atoms with Crippen molar-refractivity contribution in [1.29, 1.82) is 0 Å². The summed E-state index contributed by atoms with van der Waals surface area (Å²) in [7, 11) is 0. The number of amides is 1. The van der Waals surface area contributed by atoms with Gasteiger partial charge in [-0.25, -0.2) is 0 Å². The van der Waals surface area contributed by atoms with Crippen molar-refractivity contribution < 1.29 is 9.53 Å². The minimum atomic E-state index is 0. The van der Waals surface area contributed by atoms with Gasteiger partial charge < -0.3 is 15.4 Å². The maximum atomic E-state index is 12.7. The standard InChI is InChI=1S/C23H30N4O2.2ClH/c24-19-4-3-13-27(16-19)23(28)18-6-8-21(9-7-18)29-22-10-14-26(15-11-22)17-20-5-1-2-12-25-20;;/h1-2,5-9,12,19,22H,3-4,10-11,13-17,24H2;2*1H. The van der Waals surface area contributed by atoms with E-state index in [0.29, 0.717) is 12.1 Å². The predicted molar refractivity (Wildman–Crippen MR) is 127 cm³/mol. The number of piperidine rings is 2. The van der Waals surface area contributed by atoms with Gasteiger partial charge in [-0.3, -0.25) is 14.7 Å². The second-order valence-electron chi connectivity index (χ2n) is 8.09. The van der Waals surface area contributed by atoms with Crippen LogP contribution in [0.4, 0.5) is 0 Å². The van der Waals surface area contributed by atoms with Crippen LogP contribution in [0.5, 0.6) is 5.75 Å². The SMILES string of the molecule is Cl.Cl.NC1CCCN(C(=O)c2ccc(OC3CCN(Cc4ccccn4)CC3)cc2)C1. The highest BCUT2D eigenvalue weighted by atomic mass is 35.5. The number of hydrogen-bond donors (Lipinski definition) is 1. The summed E-state index contributed by atoms with van der Waals surface area (Å²) in [5, 5.41) is 0. The molecule has 2 N–H and O–H groups in total. The summed E-state index contributed by atoms with van der Waals surface area (Å²) in [4.78, 5) is 21.3.